The molecule has 1 saturated heterocycles. The van der Waals surface area contributed by atoms with Crippen LogP contribution >= 0.6 is 11.6 Å². The Labute approximate surface area is 104 Å². The highest BCUT2D eigenvalue weighted by atomic mass is 35.5. The normalized spacial score (nSPS) is 18.1. The first-order chi connectivity index (χ1) is 8.18. The topological polar surface area (TPSA) is 53.9 Å². The zero-order chi connectivity index (χ0) is 12.3. The van der Waals surface area contributed by atoms with Gasteiger partial charge in [-0.25, -0.2) is 4.79 Å². The number of carbonyl (C=O) groups is 1. The summed E-state index contributed by atoms with van der Waals surface area (Å²) in [4.78, 5) is 13.2. The minimum atomic E-state index is -0.432. The largest absolute Gasteiger partial charge is 0.458 e. The summed E-state index contributed by atoms with van der Waals surface area (Å²) >= 11 is 5.95. The molecular weight excluding hydrogens is 242 g/mol. The number of hydrazone groups is 1. The molecule has 0 unspecified atom stereocenters. The molecule has 0 aromatic heterocycles. The van der Waals surface area contributed by atoms with Crippen LogP contribution < -0.4 is 5.43 Å². The van der Waals surface area contributed by atoms with E-state index in [4.69, 9.17) is 16.3 Å². The molecule has 0 saturated carbocycles. The number of amidine groups is 1. The van der Waals surface area contributed by atoms with Crippen LogP contribution in [-0.4, -0.2) is 36.9 Å². The molecule has 0 spiro atoms. The zero-order valence-corrected chi connectivity index (χ0v) is 10.1. The first-order valence-electron chi connectivity index (χ1n) is 5.15. The summed E-state index contributed by atoms with van der Waals surface area (Å²) in [6, 6.07) is 7.17. The molecule has 1 aliphatic rings. The number of rotatable bonds is 2. The lowest BCUT2D eigenvalue weighted by atomic mass is 10.3. The van der Waals surface area contributed by atoms with Crippen LogP contribution in [0.15, 0.2) is 29.4 Å². The van der Waals surface area contributed by atoms with Crippen LogP contribution in [0.3, 0.4) is 0 Å². The number of hydrogen-bond donors (Lipinski definition) is 1. The van der Waals surface area contributed by atoms with Gasteiger partial charge in [0.2, 0.25) is 5.84 Å². The molecule has 0 aliphatic carbocycles. The van der Waals surface area contributed by atoms with Gasteiger partial charge in [-0.3, -0.25) is 5.43 Å². The molecule has 2 rings (SSSR count). The Balaban J connectivity index is 2.14. The standard InChI is InChI=1S/C11H12ClN3O2/c1-15-6-7-17-11(16)10(15)14-13-9-5-3-2-4-8(9)12/h2-5,13H,6-7H2,1H3. The molecule has 0 bridgehead atoms. The predicted octanol–water partition coefficient (Wildman–Crippen LogP) is 1.55. The van der Waals surface area contributed by atoms with Gasteiger partial charge in [0.05, 0.1) is 17.3 Å². The fraction of sp³-hybridized carbons (Fsp3) is 0.273. The van der Waals surface area contributed by atoms with Crippen LogP contribution in [0.25, 0.3) is 0 Å². The Morgan fingerprint density at radius 3 is 2.94 bits per heavy atom. The van der Waals surface area contributed by atoms with Gasteiger partial charge in [0.15, 0.2) is 0 Å². The average molecular weight is 254 g/mol. The summed E-state index contributed by atoms with van der Waals surface area (Å²) in [5.41, 5.74) is 3.40. The molecule has 0 atom stereocenters. The van der Waals surface area contributed by atoms with Crippen molar-refractivity contribution in [3.8, 4) is 0 Å². The van der Waals surface area contributed by atoms with Crippen LogP contribution in [0.4, 0.5) is 5.69 Å². The number of esters is 1. The van der Waals surface area contributed by atoms with E-state index >= 15 is 0 Å². The summed E-state index contributed by atoms with van der Waals surface area (Å²) in [7, 11) is 1.79. The number of para-hydroxylation sites is 1. The van der Waals surface area contributed by atoms with Crippen LogP contribution in [0, 0.1) is 0 Å². The lowest BCUT2D eigenvalue weighted by molar-refractivity contribution is -0.138. The van der Waals surface area contributed by atoms with Gasteiger partial charge in [-0.15, -0.1) is 5.10 Å². The lowest BCUT2D eigenvalue weighted by Gasteiger charge is -2.24. The van der Waals surface area contributed by atoms with E-state index in [9.17, 15) is 4.79 Å². The molecule has 1 aromatic rings. The molecule has 5 nitrogen and oxygen atoms in total. The monoisotopic (exact) mass is 253 g/mol. The van der Waals surface area contributed by atoms with Crippen molar-refractivity contribution in [3.05, 3.63) is 29.3 Å². The quantitative estimate of drug-likeness (QED) is 0.642. The minimum Gasteiger partial charge on any atom is -0.458 e. The summed E-state index contributed by atoms with van der Waals surface area (Å²) in [6.07, 6.45) is 0. The van der Waals surface area contributed by atoms with Crippen molar-refractivity contribution in [2.45, 2.75) is 0 Å². The highest BCUT2D eigenvalue weighted by molar-refractivity contribution is 6.36. The van der Waals surface area contributed by atoms with Crippen molar-refractivity contribution in [1.29, 1.82) is 0 Å². The van der Waals surface area contributed by atoms with Crippen molar-refractivity contribution in [3.63, 3.8) is 0 Å². The maximum absolute atomic E-state index is 11.4. The maximum Gasteiger partial charge on any atom is 0.376 e. The van der Waals surface area contributed by atoms with E-state index in [1.54, 1.807) is 24.1 Å². The van der Waals surface area contributed by atoms with Gasteiger partial charge in [0.1, 0.15) is 6.61 Å². The van der Waals surface area contributed by atoms with Gasteiger partial charge in [-0.05, 0) is 12.1 Å². The Hall–Kier alpha value is -1.75. The summed E-state index contributed by atoms with van der Waals surface area (Å²) in [5, 5.41) is 4.55. The second-order valence-corrected chi connectivity index (χ2v) is 3.99. The number of cyclic esters (lactones) is 1. The average Bonchev–Trinajstić information content (AvgIpc) is 2.30. The molecule has 1 aliphatic heterocycles. The third kappa shape index (κ3) is 2.68. The van der Waals surface area contributed by atoms with Crippen LogP contribution in [0.5, 0.6) is 0 Å². The Morgan fingerprint density at radius 1 is 1.47 bits per heavy atom. The van der Waals surface area contributed by atoms with E-state index in [-0.39, 0.29) is 5.84 Å². The van der Waals surface area contributed by atoms with E-state index < -0.39 is 5.97 Å². The minimum absolute atomic E-state index is 0.246. The number of halogens is 1. The number of nitrogens with zero attached hydrogens (tertiary/aromatic N) is 2. The highest BCUT2D eigenvalue weighted by Gasteiger charge is 2.23. The van der Waals surface area contributed by atoms with Gasteiger partial charge in [-0.1, -0.05) is 23.7 Å². The number of ether oxygens (including phenoxy) is 1. The molecule has 1 heterocycles. The fourth-order valence-corrected chi connectivity index (χ4v) is 1.58. The van der Waals surface area contributed by atoms with Gasteiger partial charge in [-0.2, -0.15) is 0 Å². The maximum atomic E-state index is 11.4. The third-order valence-electron chi connectivity index (χ3n) is 2.36. The van der Waals surface area contributed by atoms with Crippen LogP contribution in [-0.2, 0) is 9.53 Å². The molecule has 1 aromatic carbocycles. The fourth-order valence-electron chi connectivity index (χ4n) is 1.40. The van der Waals surface area contributed by atoms with Crippen molar-refractivity contribution in [2.24, 2.45) is 5.10 Å². The van der Waals surface area contributed by atoms with Crippen molar-refractivity contribution in [2.75, 3.05) is 25.6 Å². The molecule has 17 heavy (non-hydrogen) atoms. The van der Waals surface area contributed by atoms with Gasteiger partial charge in [0, 0.05) is 7.05 Å². The van der Waals surface area contributed by atoms with Crippen LogP contribution in [0.2, 0.25) is 5.02 Å². The molecule has 0 radical (unpaired) electrons. The van der Waals surface area contributed by atoms with Crippen molar-refractivity contribution >= 4 is 29.1 Å². The number of morpholine rings is 1. The molecule has 6 heteroatoms. The first kappa shape index (κ1) is 11.7. The predicted molar refractivity (Wildman–Crippen MR) is 66.1 cm³/mol. The van der Waals surface area contributed by atoms with Gasteiger partial charge < -0.3 is 9.64 Å². The molecule has 1 N–H and O–H groups in total. The summed E-state index contributed by atoms with van der Waals surface area (Å²) in [5.74, 6) is -0.186. The Morgan fingerprint density at radius 2 is 2.24 bits per heavy atom. The summed E-state index contributed by atoms with van der Waals surface area (Å²) in [6.45, 7) is 1.02. The summed E-state index contributed by atoms with van der Waals surface area (Å²) < 4.78 is 4.90. The SMILES string of the molecule is CN1CCOC(=O)C1=NNc1ccccc1Cl. The number of benzene rings is 1. The van der Waals surface area contributed by atoms with E-state index in [0.29, 0.717) is 23.9 Å². The molecular formula is C11H12ClN3O2. The second-order valence-electron chi connectivity index (χ2n) is 3.58. The molecule has 1 fully saturated rings. The number of likely N-dealkylation sites (N-methyl/N-ethyl adjacent to an activating group) is 1. The molecule has 0 amide bonds. The number of anilines is 1. The lowest BCUT2D eigenvalue weighted by Crippen LogP contribution is -2.43. The van der Waals surface area contributed by atoms with Gasteiger partial charge >= 0.3 is 5.97 Å². The molecule has 90 valence electrons. The second kappa shape index (κ2) is 5.05. The van der Waals surface area contributed by atoms with E-state index in [2.05, 4.69) is 10.5 Å². The van der Waals surface area contributed by atoms with E-state index in [1.165, 1.54) is 0 Å². The van der Waals surface area contributed by atoms with E-state index in [1.807, 2.05) is 12.1 Å². The first-order valence-corrected chi connectivity index (χ1v) is 5.53. The van der Waals surface area contributed by atoms with E-state index in [0.717, 1.165) is 0 Å². The smallest absolute Gasteiger partial charge is 0.376 e. The highest BCUT2D eigenvalue weighted by Crippen LogP contribution is 2.20. The number of nitrogens with one attached hydrogen (secondary N) is 1. The third-order valence-corrected chi connectivity index (χ3v) is 2.69. The van der Waals surface area contributed by atoms with Crippen molar-refractivity contribution in [1.82, 2.24) is 4.90 Å². The van der Waals surface area contributed by atoms with Gasteiger partial charge in [0.25, 0.3) is 0 Å². The zero-order valence-electron chi connectivity index (χ0n) is 9.31. The van der Waals surface area contributed by atoms with Crippen LogP contribution in [0.1, 0.15) is 0 Å². The number of hydrogen-bond acceptors (Lipinski definition) is 4. The Kier molecular flexibility index (Phi) is 3.49. The van der Waals surface area contributed by atoms with Crippen molar-refractivity contribution < 1.29 is 9.53 Å². The number of carbonyl (C=O) groups excluding carboxylic acids is 1. The Bertz CT molecular complexity index is 462.